The van der Waals surface area contributed by atoms with Gasteiger partial charge in [-0.25, -0.2) is 0 Å². The van der Waals surface area contributed by atoms with E-state index in [1.807, 2.05) is 43.3 Å². The maximum absolute atomic E-state index is 13.8. The zero-order valence-electron chi connectivity index (χ0n) is 19.5. The predicted molar refractivity (Wildman–Crippen MR) is 131 cm³/mol. The summed E-state index contributed by atoms with van der Waals surface area (Å²) in [6.07, 6.45) is -0.701. The van der Waals surface area contributed by atoms with Gasteiger partial charge >= 0.3 is 0 Å². The lowest BCUT2D eigenvalue weighted by molar-refractivity contribution is 0.0255. The van der Waals surface area contributed by atoms with Crippen LogP contribution in [0.3, 0.4) is 0 Å². The Kier molecular flexibility index (Phi) is 5.94. The van der Waals surface area contributed by atoms with Crippen molar-refractivity contribution in [3.05, 3.63) is 95.1 Å². The fourth-order valence-corrected chi connectivity index (χ4v) is 4.88. The fraction of sp³-hybridized carbons (Fsp3) is 0.286. The number of benzene rings is 3. The minimum absolute atomic E-state index is 0.161. The Morgan fingerprint density at radius 1 is 0.912 bits per heavy atom. The first-order chi connectivity index (χ1) is 16.5. The smallest absolute Gasteiger partial charge is 0.260 e. The first-order valence-electron chi connectivity index (χ1n) is 11.6. The molecule has 0 aliphatic carbocycles. The van der Waals surface area contributed by atoms with E-state index in [-0.39, 0.29) is 36.5 Å². The van der Waals surface area contributed by atoms with Gasteiger partial charge in [-0.05, 0) is 66.3 Å². The number of nitrogens with zero attached hydrogens (tertiary/aromatic N) is 1. The molecule has 34 heavy (non-hydrogen) atoms. The first-order valence-corrected chi connectivity index (χ1v) is 11.6. The van der Waals surface area contributed by atoms with Gasteiger partial charge < -0.3 is 14.8 Å². The Bertz CT molecular complexity index is 1220. The molecule has 4 atom stereocenters. The molecule has 0 radical (unpaired) electrons. The summed E-state index contributed by atoms with van der Waals surface area (Å²) in [5.41, 5.74) is 4.62. The number of aryl methyl sites for hydroxylation is 1. The van der Waals surface area contributed by atoms with Crippen LogP contribution in [0.15, 0.2) is 72.8 Å². The molecule has 1 saturated heterocycles. The van der Waals surface area contributed by atoms with Crippen LogP contribution in [0.25, 0.3) is 0 Å². The number of anilines is 2. The molecule has 2 heterocycles. The van der Waals surface area contributed by atoms with Crippen molar-refractivity contribution in [3.63, 3.8) is 0 Å². The normalized spacial score (nSPS) is 23.6. The van der Waals surface area contributed by atoms with Gasteiger partial charge in [-0.1, -0.05) is 50.2 Å². The van der Waals surface area contributed by atoms with Crippen LogP contribution in [0.5, 0.6) is 0 Å². The number of ether oxygens (including phenoxy) is 2. The summed E-state index contributed by atoms with van der Waals surface area (Å²) in [6, 6.07) is 22.4. The van der Waals surface area contributed by atoms with Crippen molar-refractivity contribution in [1.29, 1.82) is 0 Å². The average Bonchev–Trinajstić information content (AvgIpc) is 3.30. The Morgan fingerprint density at radius 3 is 2.38 bits per heavy atom. The number of hydrogen-bond acceptors (Lipinski definition) is 4. The Labute approximate surface area is 199 Å². The lowest BCUT2D eigenvalue weighted by atomic mass is 9.85. The van der Waals surface area contributed by atoms with E-state index in [1.54, 1.807) is 35.2 Å². The van der Waals surface area contributed by atoms with Crippen LogP contribution in [0, 0.1) is 12.8 Å². The molecule has 2 aliphatic rings. The zero-order valence-corrected chi connectivity index (χ0v) is 19.5. The summed E-state index contributed by atoms with van der Waals surface area (Å²) in [7, 11) is 0. The summed E-state index contributed by atoms with van der Waals surface area (Å²) >= 11 is 0. The highest BCUT2D eigenvalue weighted by Crippen LogP contribution is 2.43. The van der Waals surface area contributed by atoms with E-state index < -0.39 is 6.23 Å². The van der Waals surface area contributed by atoms with Crippen LogP contribution >= 0.6 is 0 Å². The van der Waals surface area contributed by atoms with E-state index in [4.69, 9.17) is 9.47 Å². The molecule has 0 saturated carbocycles. The van der Waals surface area contributed by atoms with Crippen LogP contribution < -0.4 is 10.2 Å². The van der Waals surface area contributed by atoms with Crippen molar-refractivity contribution < 1.29 is 19.1 Å². The van der Waals surface area contributed by atoms with Gasteiger partial charge in [0.1, 0.15) is 12.9 Å². The number of rotatable bonds is 3. The maximum Gasteiger partial charge on any atom is 0.260 e. The van der Waals surface area contributed by atoms with E-state index in [9.17, 15) is 9.59 Å². The number of fused-ring (bicyclic) bond motifs is 2. The van der Waals surface area contributed by atoms with Gasteiger partial charge in [-0.3, -0.25) is 14.5 Å². The van der Waals surface area contributed by atoms with Crippen LogP contribution in [0.2, 0.25) is 0 Å². The summed E-state index contributed by atoms with van der Waals surface area (Å²) in [4.78, 5) is 28.2. The fourth-order valence-electron chi connectivity index (χ4n) is 4.88. The van der Waals surface area contributed by atoms with Crippen LogP contribution in [-0.4, -0.2) is 30.9 Å². The zero-order chi connectivity index (χ0) is 23.8. The Balaban J connectivity index is 1.43. The highest BCUT2D eigenvalue weighted by molar-refractivity contribution is 6.08. The number of carbonyl (C=O) groups excluding carboxylic acids is 2. The Morgan fingerprint density at radius 2 is 1.62 bits per heavy atom. The lowest BCUT2D eigenvalue weighted by Gasteiger charge is -2.30. The molecule has 174 valence electrons. The molecule has 2 aliphatic heterocycles. The first kappa shape index (κ1) is 22.3. The van der Waals surface area contributed by atoms with Gasteiger partial charge in [0, 0.05) is 16.8 Å². The molecule has 3 aromatic carbocycles. The third-order valence-electron chi connectivity index (χ3n) is 7.03. The molecule has 5 rings (SSSR count). The van der Waals surface area contributed by atoms with Gasteiger partial charge in [0.15, 0.2) is 6.23 Å². The van der Waals surface area contributed by atoms with Gasteiger partial charge in [0.25, 0.3) is 11.8 Å². The SMILES string of the molecule is Cc1ccccc1C(=O)Nc1ccc(C(=O)N2c3ccccc3[C@H](C)[C@H](C)C3OCOC32)cc1. The number of amides is 2. The van der Waals surface area contributed by atoms with E-state index >= 15 is 0 Å². The second kappa shape index (κ2) is 9.05. The van der Waals surface area contributed by atoms with Gasteiger partial charge in [0.05, 0.1) is 5.69 Å². The van der Waals surface area contributed by atoms with Crippen molar-refractivity contribution in [3.8, 4) is 0 Å². The van der Waals surface area contributed by atoms with Gasteiger partial charge in [-0.15, -0.1) is 0 Å². The minimum atomic E-state index is -0.492. The Hall–Kier alpha value is -3.48. The van der Waals surface area contributed by atoms with Crippen molar-refractivity contribution in [2.45, 2.75) is 39.0 Å². The quantitative estimate of drug-likeness (QED) is 0.577. The highest BCUT2D eigenvalue weighted by atomic mass is 16.7. The van der Waals surface area contributed by atoms with Crippen LogP contribution in [-0.2, 0) is 9.47 Å². The molecule has 1 fully saturated rings. The number of para-hydroxylation sites is 1. The molecule has 6 nitrogen and oxygen atoms in total. The topological polar surface area (TPSA) is 67.9 Å². The molecule has 0 aromatic heterocycles. The van der Waals surface area contributed by atoms with E-state index in [1.165, 1.54) is 0 Å². The second-order valence-electron chi connectivity index (χ2n) is 9.03. The predicted octanol–water partition coefficient (Wildman–Crippen LogP) is 5.35. The summed E-state index contributed by atoms with van der Waals surface area (Å²) in [5.74, 6) is 0.0553. The van der Waals surface area contributed by atoms with Crippen molar-refractivity contribution in [1.82, 2.24) is 0 Å². The van der Waals surface area contributed by atoms with E-state index in [0.29, 0.717) is 16.8 Å². The third kappa shape index (κ3) is 3.89. The molecule has 0 spiro atoms. The molecule has 3 aromatic rings. The monoisotopic (exact) mass is 456 g/mol. The molecular formula is C28H28N2O4. The van der Waals surface area contributed by atoms with Crippen molar-refractivity contribution in [2.24, 2.45) is 5.92 Å². The summed E-state index contributed by atoms with van der Waals surface area (Å²) in [5, 5.41) is 2.91. The summed E-state index contributed by atoms with van der Waals surface area (Å²) in [6.45, 7) is 6.39. The van der Waals surface area contributed by atoms with Crippen LogP contribution in [0.1, 0.15) is 51.6 Å². The van der Waals surface area contributed by atoms with E-state index in [0.717, 1.165) is 16.8 Å². The van der Waals surface area contributed by atoms with Gasteiger partial charge in [0.2, 0.25) is 0 Å². The molecule has 6 heteroatoms. The van der Waals surface area contributed by atoms with Crippen LogP contribution in [0.4, 0.5) is 11.4 Å². The molecule has 2 unspecified atom stereocenters. The second-order valence-corrected chi connectivity index (χ2v) is 9.03. The molecule has 2 amide bonds. The summed E-state index contributed by atoms with van der Waals surface area (Å²) < 4.78 is 11.8. The highest BCUT2D eigenvalue weighted by Gasteiger charge is 2.46. The van der Waals surface area contributed by atoms with E-state index in [2.05, 4.69) is 25.2 Å². The average molecular weight is 457 g/mol. The third-order valence-corrected chi connectivity index (χ3v) is 7.03. The van der Waals surface area contributed by atoms with Crippen molar-refractivity contribution >= 4 is 23.2 Å². The largest absolute Gasteiger partial charge is 0.347 e. The molecular weight excluding hydrogens is 428 g/mol. The lowest BCUT2D eigenvalue weighted by Crippen LogP contribution is -2.47. The number of nitrogens with one attached hydrogen (secondary N) is 1. The minimum Gasteiger partial charge on any atom is -0.347 e. The maximum atomic E-state index is 13.8. The van der Waals surface area contributed by atoms with Gasteiger partial charge in [-0.2, -0.15) is 0 Å². The standard InChI is InChI=1S/C28H28N2O4/c1-17-8-4-5-9-22(17)26(31)29-21-14-12-20(13-15-21)27(32)30-24-11-7-6-10-23(24)18(2)19(3)25-28(30)34-16-33-25/h4-15,18-19,25,28H,16H2,1-3H3,(H,29,31)/t18-,19+,25?,28?/m1/s1. The number of hydrogen-bond donors (Lipinski definition) is 1. The molecule has 0 bridgehead atoms. The molecule has 1 N–H and O–H groups in total. The number of carbonyl (C=O) groups is 2. The van der Waals surface area contributed by atoms with Crippen molar-refractivity contribution in [2.75, 3.05) is 17.0 Å².